The van der Waals surface area contributed by atoms with E-state index in [2.05, 4.69) is 14.9 Å². The van der Waals surface area contributed by atoms with E-state index in [1.54, 1.807) is 19.1 Å². The number of rotatable bonds is 3. The topological polar surface area (TPSA) is 101 Å². The molecule has 4 N–H and O–H groups in total. The maximum Gasteiger partial charge on any atom is 0.262 e. The van der Waals surface area contributed by atoms with Crippen LogP contribution in [0.1, 0.15) is 5.56 Å². The molecule has 0 aliphatic heterocycles. The molecule has 17 heavy (non-hydrogen) atoms. The number of hydrogen-bond donors (Lipinski definition) is 3. The molecule has 6 nitrogen and oxygen atoms in total. The fourth-order valence-electron chi connectivity index (χ4n) is 1.45. The van der Waals surface area contributed by atoms with Crippen LogP contribution in [-0.2, 0) is 10.0 Å². The molecule has 1 heterocycles. The minimum Gasteiger partial charge on any atom is -0.399 e. The molecule has 0 radical (unpaired) electrons. The van der Waals surface area contributed by atoms with Crippen molar-refractivity contribution in [1.82, 2.24) is 10.2 Å². The molecule has 0 bridgehead atoms. The molecule has 2 aromatic rings. The number of sulfonamides is 1. The van der Waals surface area contributed by atoms with Crippen LogP contribution in [0.4, 0.5) is 11.4 Å². The number of hydrogen-bond acceptors (Lipinski definition) is 4. The molecule has 0 saturated carbocycles. The van der Waals surface area contributed by atoms with Gasteiger partial charge >= 0.3 is 0 Å². The monoisotopic (exact) mass is 252 g/mol. The highest BCUT2D eigenvalue weighted by Crippen LogP contribution is 2.19. The number of aromatic amines is 1. The van der Waals surface area contributed by atoms with Crippen molar-refractivity contribution in [1.29, 1.82) is 0 Å². The van der Waals surface area contributed by atoms with Gasteiger partial charge in [-0.2, -0.15) is 5.10 Å². The Hall–Kier alpha value is -2.02. The van der Waals surface area contributed by atoms with Gasteiger partial charge in [-0.15, -0.1) is 0 Å². The number of H-pyrrole nitrogens is 1. The number of benzene rings is 1. The van der Waals surface area contributed by atoms with Gasteiger partial charge in [-0.25, -0.2) is 8.42 Å². The molecular weight excluding hydrogens is 240 g/mol. The van der Waals surface area contributed by atoms with Gasteiger partial charge in [0.1, 0.15) is 0 Å². The molecule has 0 amide bonds. The van der Waals surface area contributed by atoms with Crippen LogP contribution in [0, 0.1) is 6.92 Å². The predicted molar refractivity (Wildman–Crippen MR) is 65.0 cm³/mol. The molecule has 0 spiro atoms. The van der Waals surface area contributed by atoms with Crippen molar-refractivity contribution in [3.8, 4) is 0 Å². The van der Waals surface area contributed by atoms with Gasteiger partial charge in [-0.1, -0.05) is 0 Å². The molecule has 7 heteroatoms. The van der Waals surface area contributed by atoms with Gasteiger partial charge < -0.3 is 5.73 Å². The average Bonchev–Trinajstić information content (AvgIpc) is 2.68. The first kappa shape index (κ1) is 11.5. The van der Waals surface area contributed by atoms with Gasteiger partial charge in [0.2, 0.25) is 0 Å². The summed E-state index contributed by atoms with van der Waals surface area (Å²) < 4.78 is 26.4. The fourth-order valence-corrected chi connectivity index (χ4v) is 2.62. The van der Waals surface area contributed by atoms with E-state index in [1.165, 1.54) is 18.5 Å². The Bertz CT molecular complexity index is 600. The lowest BCUT2D eigenvalue weighted by Crippen LogP contribution is -2.13. The standard InChI is InChI=1S/C10H12N4O2S/c1-7-2-8(11)4-10(3-7)17(15,16)14-9-5-12-13-6-9/h2-6,14H,11H2,1H3,(H,12,13). The van der Waals surface area contributed by atoms with Crippen molar-refractivity contribution >= 4 is 21.4 Å². The number of nitrogens with one attached hydrogen (secondary N) is 2. The van der Waals surface area contributed by atoms with Crippen molar-refractivity contribution in [2.24, 2.45) is 0 Å². The largest absolute Gasteiger partial charge is 0.399 e. The van der Waals surface area contributed by atoms with Crippen molar-refractivity contribution in [2.45, 2.75) is 11.8 Å². The lowest BCUT2D eigenvalue weighted by molar-refractivity contribution is 0.601. The Balaban J connectivity index is 2.38. The summed E-state index contributed by atoms with van der Waals surface area (Å²) in [4.78, 5) is 0.135. The minimum absolute atomic E-state index is 0.135. The summed E-state index contributed by atoms with van der Waals surface area (Å²) in [5.41, 5.74) is 7.20. The number of anilines is 2. The van der Waals surface area contributed by atoms with E-state index in [1.807, 2.05) is 0 Å². The summed E-state index contributed by atoms with van der Waals surface area (Å²) in [6, 6.07) is 4.67. The second-order valence-corrected chi connectivity index (χ2v) is 5.35. The Morgan fingerprint density at radius 1 is 1.35 bits per heavy atom. The SMILES string of the molecule is Cc1cc(N)cc(S(=O)(=O)Nc2cn[nH]c2)c1. The first-order valence-corrected chi connectivity index (χ1v) is 6.34. The van der Waals surface area contributed by atoms with E-state index in [0.29, 0.717) is 11.4 Å². The molecule has 2 rings (SSSR count). The normalized spacial score (nSPS) is 11.4. The van der Waals surface area contributed by atoms with Gasteiger partial charge in [-0.05, 0) is 30.7 Å². The summed E-state index contributed by atoms with van der Waals surface area (Å²) in [6.45, 7) is 1.78. The molecule has 0 unspecified atom stereocenters. The van der Waals surface area contributed by atoms with Crippen LogP contribution < -0.4 is 10.5 Å². The molecular formula is C10H12N4O2S. The number of aryl methyl sites for hydroxylation is 1. The first-order valence-electron chi connectivity index (χ1n) is 4.86. The summed E-state index contributed by atoms with van der Waals surface area (Å²) in [7, 11) is -3.62. The summed E-state index contributed by atoms with van der Waals surface area (Å²) >= 11 is 0. The fraction of sp³-hybridized carbons (Fsp3) is 0.100. The van der Waals surface area contributed by atoms with E-state index < -0.39 is 10.0 Å². The number of nitrogens with two attached hydrogens (primary N) is 1. The van der Waals surface area contributed by atoms with Crippen LogP contribution >= 0.6 is 0 Å². The summed E-state index contributed by atoms with van der Waals surface area (Å²) in [6.07, 6.45) is 2.84. The Kier molecular flexibility index (Phi) is 2.76. The molecule has 0 aliphatic rings. The third-order valence-electron chi connectivity index (χ3n) is 2.13. The van der Waals surface area contributed by atoms with E-state index in [9.17, 15) is 8.42 Å². The van der Waals surface area contributed by atoms with Crippen molar-refractivity contribution in [3.63, 3.8) is 0 Å². The van der Waals surface area contributed by atoms with E-state index in [0.717, 1.165) is 5.56 Å². The molecule has 1 aromatic heterocycles. The zero-order chi connectivity index (χ0) is 12.5. The molecule has 0 saturated heterocycles. The Labute approximate surface area is 98.9 Å². The smallest absolute Gasteiger partial charge is 0.262 e. The van der Waals surface area contributed by atoms with Gasteiger partial charge in [0.25, 0.3) is 10.0 Å². The number of aromatic nitrogens is 2. The van der Waals surface area contributed by atoms with Crippen LogP contribution in [0.3, 0.4) is 0 Å². The van der Waals surface area contributed by atoms with Crippen LogP contribution in [-0.4, -0.2) is 18.6 Å². The Morgan fingerprint density at radius 2 is 2.12 bits per heavy atom. The molecule has 0 aliphatic carbocycles. The van der Waals surface area contributed by atoms with Crippen molar-refractivity contribution in [3.05, 3.63) is 36.2 Å². The van der Waals surface area contributed by atoms with Gasteiger partial charge in [0, 0.05) is 11.9 Å². The zero-order valence-electron chi connectivity index (χ0n) is 9.14. The molecule has 1 aromatic carbocycles. The second-order valence-electron chi connectivity index (χ2n) is 3.67. The van der Waals surface area contributed by atoms with Crippen LogP contribution in [0.2, 0.25) is 0 Å². The first-order chi connectivity index (χ1) is 7.97. The predicted octanol–water partition coefficient (Wildman–Crippen LogP) is 1.10. The van der Waals surface area contributed by atoms with Crippen molar-refractivity contribution < 1.29 is 8.42 Å². The lowest BCUT2D eigenvalue weighted by atomic mass is 10.2. The van der Waals surface area contributed by atoms with E-state index >= 15 is 0 Å². The highest BCUT2D eigenvalue weighted by atomic mass is 32.2. The van der Waals surface area contributed by atoms with Gasteiger partial charge in [-0.3, -0.25) is 9.82 Å². The summed E-state index contributed by atoms with van der Waals surface area (Å²) in [5.74, 6) is 0. The van der Waals surface area contributed by atoms with Gasteiger partial charge in [0.05, 0.1) is 16.8 Å². The molecule has 90 valence electrons. The maximum absolute atomic E-state index is 12.0. The number of nitrogens with zero attached hydrogens (tertiary/aromatic N) is 1. The average molecular weight is 252 g/mol. The third-order valence-corrected chi connectivity index (χ3v) is 3.49. The van der Waals surface area contributed by atoms with Gasteiger partial charge in [0.15, 0.2) is 0 Å². The minimum atomic E-state index is -3.62. The maximum atomic E-state index is 12.0. The highest BCUT2D eigenvalue weighted by Gasteiger charge is 2.15. The van der Waals surface area contributed by atoms with Crippen LogP contribution in [0.5, 0.6) is 0 Å². The lowest BCUT2D eigenvalue weighted by Gasteiger charge is -2.07. The number of nitrogen functional groups attached to an aromatic ring is 1. The molecule has 0 fully saturated rings. The third kappa shape index (κ3) is 2.56. The quantitative estimate of drug-likeness (QED) is 0.712. The zero-order valence-corrected chi connectivity index (χ0v) is 9.95. The second kappa shape index (κ2) is 4.10. The van der Waals surface area contributed by atoms with Crippen LogP contribution in [0.25, 0.3) is 0 Å². The Morgan fingerprint density at radius 3 is 2.71 bits per heavy atom. The summed E-state index contributed by atoms with van der Waals surface area (Å²) in [5, 5.41) is 6.18. The van der Waals surface area contributed by atoms with E-state index in [-0.39, 0.29) is 4.90 Å². The van der Waals surface area contributed by atoms with Crippen LogP contribution in [0.15, 0.2) is 35.5 Å². The molecule has 0 atom stereocenters. The van der Waals surface area contributed by atoms with Crippen molar-refractivity contribution in [2.75, 3.05) is 10.5 Å². The highest BCUT2D eigenvalue weighted by molar-refractivity contribution is 7.92. The van der Waals surface area contributed by atoms with E-state index in [4.69, 9.17) is 5.73 Å².